The maximum absolute atomic E-state index is 12.3. The third-order valence-corrected chi connectivity index (χ3v) is 4.24. The van der Waals surface area contributed by atoms with Gasteiger partial charge in [-0.1, -0.05) is 6.42 Å². The Hall–Kier alpha value is -1.91. The quantitative estimate of drug-likeness (QED) is 0.877. The number of carboxylic acid groups (broad SMARTS) is 1. The molecule has 1 aromatic heterocycles. The van der Waals surface area contributed by atoms with Crippen LogP contribution in [0.25, 0.3) is 0 Å². The number of nitrogens with zero attached hydrogens (tertiary/aromatic N) is 2. The highest BCUT2D eigenvalue weighted by Gasteiger charge is 2.38. The van der Waals surface area contributed by atoms with Gasteiger partial charge >= 0.3 is 5.97 Å². The van der Waals surface area contributed by atoms with E-state index in [1.807, 2.05) is 4.90 Å². The van der Waals surface area contributed by atoms with Gasteiger partial charge in [-0.3, -0.25) is 4.79 Å². The van der Waals surface area contributed by atoms with Crippen LogP contribution in [0.1, 0.15) is 40.1 Å². The van der Waals surface area contributed by atoms with Gasteiger partial charge < -0.3 is 10.0 Å². The topological polar surface area (TPSA) is 70.5 Å². The van der Waals surface area contributed by atoms with Crippen molar-refractivity contribution in [2.24, 2.45) is 11.8 Å². The number of fused-ring (bicyclic) bond motifs is 1. The lowest BCUT2D eigenvalue weighted by molar-refractivity contribution is 0.0688. The van der Waals surface area contributed by atoms with Crippen LogP contribution in [-0.2, 0) is 0 Å². The lowest BCUT2D eigenvalue weighted by Gasteiger charge is -2.17. The molecule has 3 rings (SSSR count). The Morgan fingerprint density at radius 3 is 2.42 bits per heavy atom. The molecule has 5 nitrogen and oxygen atoms in total. The van der Waals surface area contributed by atoms with Crippen molar-refractivity contribution in [2.45, 2.75) is 19.3 Å². The Bertz CT molecular complexity index is 500. The first-order valence-electron chi connectivity index (χ1n) is 6.64. The fraction of sp³-hybridized carbons (Fsp3) is 0.500. The first kappa shape index (κ1) is 12.1. The molecule has 0 radical (unpaired) electrons. The van der Waals surface area contributed by atoms with Gasteiger partial charge in [0.2, 0.25) is 0 Å². The highest BCUT2D eigenvalue weighted by Crippen LogP contribution is 2.38. The summed E-state index contributed by atoms with van der Waals surface area (Å²) in [6.45, 7) is 1.67. The van der Waals surface area contributed by atoms with Gasteiger partial charge in [-0.05, 0) is 36.8 Å². The summed E-state index contributed by atoms with van der Waals surface area (Å²) in [4.78, 5) is 28.7. The number of pyridine rings is 1. The summed E-state index contributed by atoms with van der Waals surface area (Å²) in [6, 6.07) is 2.93. The Morgan fingerprint density at radius 2 is 1.89 bits per heavy atom. The predicted molar refractivity (Wildman–Crippen MR) is 67.9 cm³/mol. The lowest BCUT2D eigenvalue weighted by atomic mass is 10.0. The molecule has 2 unspecified atom stereocenters. The average Bonchev–Trinajstić information content (AvgIpc) is 2.98. The zero-order valence-electron chi connectivity index (χ0n) is 10.6. The minimum Gasteiger partial charge on any atom is -0.477 e. The number of carbonyl (C=O) groups excluding carboxylic acids is 1. The number of amides is 1. The van der Waals surface area contributed by atoms with Crippen molar-refractivity contribution < 1.29 is 14.7 Å². The molecule has 1 aromatic rings. The van der Waals surface area contributed by atoms with E-state index in [2.05, 4.69) is 4.98 Å². The largest absolute Gasteiger partial charge is 0.477 e. The Kier molecular flexibility index (Phi) is 2.97. The van der Waals surface area contributed by atoms with Crippen LogP contribution in [-0.4, -0.2) is 40.0 Å². The number of carbonyl (C=O) groups is 2. The summed E-state index contributed by atoms with van der Waals surface area (Å²) < 4.78 is 0. The van der Waals surface area contributed by atoms with Gasteiger partial charge in [0.05, 0.1) is 5.56 Å². The van der Waals surface area contributed by atoms with Crippen LogP contribution in [0.15, 0.2) is 18.3 Å². The Balaban J connectivity index is 1.72. The van der Waals surface area contributed by atoms with Gasteiger partial charge in [0.1, 0.15) is 5.69 Å². The van der Waals surface area contributed by atoms with E-state index in [-0.39, 0.29) is 11.6 Å². The number of aromatic carboxylic acids is 1. The van der Waals surface area contributed by atoms with Crippen molar-refractivity contribution in [3.8, 4) is 0 Å². The van der Waals surface area contributed by atoms with Crippen LogP contribution < -0.4 is 0 Å². The fourth-order valence-electron chi connectivity index (χ4n) is 3.23. The van der Waals surface area contributed by atoms with E-state index in [0.29, 0.717) is 17.4 Å². The molecule has 5 heteroatoms. The summed E-state index contributed by atoms with van der Waals surface area (Å²) >= 11 is 0. The molecule has 1 N–H and O–H groups in total. The molecule has 1 amide bonds. The van der Waals surface area contributed by atoms with Crippen LogP contribution in [0.4, 0.5) is 0 Å². The molecule has 1 aliphatic heterocycles. The molecule has 2 aliphatic rings. The van der Waals surface area contributed by atoms with Crippen LogP contribution in [0, 0.1) is 11.8 Å². The fourth-order valence-corrected chi connectivity index (χ4v) is 3.23. The highest BCUT2D eigenvalue weighted by molar-refractivity contribution is 5.95. The second-order valence-electron chi connectivity index (χ2n) is 5.40. The third-order valence-electron chi connectivity index (χ3n) is 4.24. The number of rotatable bonds is 2. The predicted octanol–water partition coefficient (Wildman–Crippen LogP) is 1.65. The summed E-state index contributed by atoms with van der Waals surface area (Å²) in [5, 5.41) is 8.78. The van der Waals surface area contributed by atoms with Gasteiger partial charge in [0.25, 0.3) is 5.91 Å². The minimum absolute atomic E-state index is 0.0289. The van der Waals surface area contributed by atoms with Gasteiger partial charge in [0.15, 0.2) is 0 Å². The first-order chi connectivity index (χ1) is 9.15. The molecular formula is C14H16N2O3. The van der Waals surface area contributed by atoms with Crippen molar-refractivity contribution in [3.63, 3.8) is 0 Å². The molecule has 0 spiro atoms. The molecule has 1 saturated carbocycles. The van der Waals surface area contributed by atoms with Gasteiger partial charge in [0, 0.05) is 19.3 Å². The van der Waals surface area contributed by atoms with E-state index < -0.39 is 5.97 Å². The number of likely N-dealkylation sites (tertiary alicyclic amines) is 1. The van der Waals surface area contributed by atoms with E-state index in [9.17, 15) is 9.59 Å². The van der Waals surface area contributed by atoms with Crippen LogP contribution in [0.5, 0.6) is 0 Å². The normalized spacial score (nSPS) is 25.4. The van der Waals surface area contributed by atoms with E-state index in [1.165, 1.54) is 31.5 Å². The lowest BCUT2D eigenvalue weighted by Crippen LogP contribution is -2.29. The number of carboxylic acids is 1. The third kappa shape index (κ3) is 2.20. The standard InChI is InChI=1S/C14H16N2O3/c17-13(9-4-5-12(14(18)19)15-6-9)16-7-10-2-1-3-11(10)8-16/h4-6,10-11H,1-3,7-8H2,(H,18,19). The highest BCUT2D eigenvalue weighted by atomic mass is 16.4. The Labute approximate surface area is 111 Å². The number of aromatic nitrogens is 1. The second kappa shape index (κ2) is 4.64. The van der Waals surface area contributed by atoms with Gasteiger partial charge in [-0.15, -0.1) is 0 Å². The summed E-state index contributed by atoms with van der Waals surface area (Å²) in [7, 11) is 0. The summed E-state index contributed by atoms with van der Waals surface area (Å²) in [6.07, 6.45) is 5.10. The molecule has 19 heavy (non-hydrogen) atoms. The minimum atomic E-state index is -1.07. The van der Waals surface area contributed by atoms with E-state index in [1.54, 1.807) is 6.07 Å². The van der Waals surface area contributed by atoms with Crippen LogP contribution in [0.3, 0.4) is 0 Å². The second-order valence-corrected chi connectivity index (χ2v) is 5.40. The summed E-state index contributed by atoms with van der Waals surface area (Å²) in [5.41, 5.74) is 0.444. The van der Waals surface area contributed by atoms with Crippen LogP contribution >= 0.6 is 0 Å². The van der Waals surface area contributed by atoms with Gasteiger partial charge in [-0.2, -0.15) is 0 Å². The zero-order chi connectivity index (χ0) is 13.4. The maximum atomic E-state index is 12.3. The molecule has 0 aromatic carbocycles. The van der Waals surface area contributed by atoms with E-state index in [4.69, 9.17) is 5.11 Å². The number of hydrogen-bond donors (Lipinski definition) is 1. The van der Waals surface area contributed by atoms with Crippen molar-refractivity contribution in [1.29, 1.82) is 0 Å². The number of hydrogen-bond acceptors (Lipinski definition) is 3. The van der Waals surface area contributed by atoms with E-state index in [0.717, 1.165) is 13.1 Å². The zero-order valence-corrected chi connectivity index (χ0v) is 10.6. The smallest absolute Gasteiger partial charge is 0.354 e. The molecule has 1 saturated heterocycles. The van der Waals surface area contributed by atoms with Crippen molar-refractivity contribution in [3.05, 3.63) is 29.6 Å². The summed E-state index contributed by atoms with van der Waals surface area (Å²) in [5.74, 6) is 0.221. The molecule has 0 bridgehead atoms. The molecule has 1 aliphatic carbocycles. The Morgan fingerprint density at radius 1 is 1.21 bits per heavy atom. The molecule has 2 fully saturated rings. The van der Waals surface area contributed by atoms with Crippen LogP contribution in [0.2, 0.25) is 0 Å². The SMILES string of the molecule is O=C(O)c1ccc(C(=O)N2CC3CCCC3C2)cn1. The van der Waals surface area contributed by atoms with Crippen molar-refractivity contribution >= 4 is 11.9 Å². The molecule has 2 atom stereocenters. The monoisotopic (exact) mass is 260 g/mol. The van der Waals surface area contributed by atoms with Crippen molar-refractivity contribution in [2.75, 3.05) is 13.1 Å². The maximum Gasteiger partial charge on any atom is 0.354 e. The van der Waals surface area contributed by atoms with Crippen molar-refractivity contribution in [1.82, 2.24) is 9.88 Å². The average molecular weight is 260 g/mol. The first-order valence-corrected chi connectivity index (χ1v) is 6.64. The molecule has 100 valence electrons. The van der Waals surface area contributed by atoms with Gasteiger partial charge in [-0.25, -0.2) is 9.78 Å². The molecular weight excluding hydrogens is 244 g/mol. The molecule has 2 heterocycles. The van der Waals surface area contributed by atoms with E-state index >= 15 is 0 Å².